The van der Waals surface area contributed by atoms with Crippen LogP contribution in [0.15, 0.2) is 48.7 Å². The minimum Gasteiger partial charge on any atom is -0.439 e. The molecule has 0 aliphatic heterocycles. The SMILES string of the molecule is CNC(=O)c1ccnc(Oc2ccccc2)c1. The number of hydrogen-bond donors (Lipinski definition) is 1. The van der Waals surface area contributed by atoms with E-state index in [1.807, 2.05) is 30.3 Å². The molecule has 1 heterocycles. The standard InChI is InChI=1S/C13H12N2O2/c1-14-13(16)10-7-8-15-12(9-10)17-11-5-3-2-4-6-11/h2-9H,1H3,(H,14,16). The van der Waals surface area contributed by atoms with E-state index >= 15 is 0 Å². The Kier molecular flexibility index (Phi) is 3.35. The van der Waals surface area contributed by atoms with E-state index in [4.69, 9.17) is 4.74 Å². The van der Waals surface area contributed by atoms with Gasteiger partial charge in [-0.25, -0.2) is 4.98 Å². The van der Waals surface area contributed by atoms with Gasteiger partial charge in [-0.05, 0) is 18.2 Å². The second kappa shape index (κ2) is 5.12. The number of hydrogen-bond acceptors (Lipinski definition) is 3. The molecule has 4 heteroatoms. The summed E-state index contributed by atoms with van der Waals surface area (Å²) in [6, 6.07) is 12.5. The van der Waals surface area contributed by atoms with E-state index in [1.54, 1.807) is 25.4 Å². The fourth-order valence-electron chi connectivity index (χ4n) is 1.36. The third kappa shape index (κ3) is 2.81. The van der Waals surface area contributed by atoms with Crippen LogP contribution in [0.4, 0.5) is 0 Å². The summed E-state index contributed by atoms with van der Waals surface area (Å²) in [7, 11) is 1.58. The van der Waals surface area contributed by atoms with Crippen LogP contribution in [0.1, 0.15) is 10.4 Å². The first kappa shape index (κ1) is 11.1. The van der Waals surface area contributed by atoms with Crippen LogP contribution < -0.4 is 10.1 Å². The minimum atomic E-state index is -0.162. The van der Waals surface area contributed by atoms with Gasteiger partial charge in [0, 0.05) is 24.9 Å². The van der Waals surface area contributed by atoms with Gasteiger partial charge >= 0.3 is 0 Å². The molecule has 1 aromatic carbocycles. The molecule has 4 nitrogen and oxygen atoms in total. The molecule has 0 spiro atoms. The van der Waals surface area contributed by atoms with E-state index in [0.717, 1.165) is 0 Å². The smallest absolute Gasteiger partial charge is 0.251 e. The van der Waals surface area contributed by atoms with Crippen molar-refractivity contribution in [2.45, 2.75) is 0 Å². The van der Waals surface area contributed by atoms with Crippen LogP contribution in [0.5, 0.6) is 11.6 Å². The summed E-state index contributed by atoms with van der Waals surface area (Å²) >= 11 is 0. The molecule has 2 aromatic rings. The average Bonchev–Trinajstić information content (AvgIpc) is 2.39. The Morgan fingerprint density at radius 3 is 2.71 bits per heavy atom. The quantitative estimate of drug-likeness (QED) is 0.876. The third-order valence-electron chi connectivity index (χ3n) is 2.19. The van der Waals surface area contributed by atoms with Crippen molar-refractivity contribution in [3.63, 3.8) is 0 Å². The van der Waals surface area contributed by atoms with Crippen molar-refractivity contribution in [3.05, 3.63) is 54.2 Å². The second-order valence-electron chi connectivity index (χ2n) is 3.38. The van der Waals surface area contributed by atoms with Crippen LogP contribution in [-0.4, -0.2) is 17.9 Å². The lowest BCUT2D eigenvalue weighted by Gasteiger charge is -2.05. The molecule has 0 saturated heterocycles. The summed E-state index contributed by atoms with van der Waals surface area (Å²) < 4.78 is 5.52. The van der Waals surface area contributed by atoms with Crippen LogP contribution >= 0.6 is 0 Å². The maximum Gasteiger partial charge on any atom is 0.251 e. The number of pyridine rings is 1. The molecule has 17 heavy (non-hydrogen) atoms. The Morgan fingerprint density at radius 2 is 2.00 bits per heavy atom. The van der Waals surface area contributed by atoms with Crippen molar-refractivity contribution < 1.29 is 9.53 Å². The zero-order valence-corrected chi connectivity index (χ0v) is 9.38. The van der Waals surface area contributed by atoms with Crippen molar-refractivity contribution in [2.75, 3.05) is 7.05 Å². The van der Waals surface area contributed by atoms with E-state index < -0.39 is 0 Å². The van der Waals surface area contributed by atoms with Gasteiger partial charge < -0.3 is 10.1 Å². The number of carbonyl (C=O) groups is 1. The third-order valence-corrected chi connectivity index (χ3v) is 2.19. The Morgan fingerprint density at radius 1 is 1.24 bits per heavy atom. The van der Waals surface area contributed by atoms with Gasteiger partial charge in [-0.3, -0.25) is 4.79 Å². The van der Waals surface area contributed by atoms with Crippen LogP contribution in [0.3, 0.4) is 0 Å². The number of nitrogens with one attached hydrogen (secondary N) is 1. The molecule has 0 aliphatic carbocycles. The van der Waals surface area contributed by atoms with E-state index in [-0.39, 0.29) is 5.91 Å². The molecule has 0 atom stereocenters. The number of amides is 1. The lowest BCUT2D eigenvalue weighted by Crippen LogP contribution is -2.17. The van der Waals surface area contributed by atoms with Gasteiger partial charge in [-0.15, -0.1) is 0 Å². The van der Waals surface area contributed by atoms with Gasteiger partial charge in [-0.1, -0.05) is 18.2 Å². The van der Waals surface area contributed by atoms with Crippen LogP contribution in [0.2, 0.25) is 0 Å². The highest BCUT2D eigenvalue weighted by Gasteiger charge is 2.05. The number of benzene rings is 1. The Balaban J connectivity index is 2.20. The van der Waals surface area contributed by atoms with Crippen LogP contribution in [0, 0.1) is 0 Å². The first-order chi connectivity index (χ1) is 8.29. The fraction of sp³-hybridized carbons (Fsp3) is 0.0769. The first-order valence-corrected chi connectivity index (χ1v) is 5.20. The first-order valence-electron chi connectivity index (χ1n) is 5.20. The lowest BCUT2D eigenvalue weighted by molar-refractivity contribution is 0.0962. The molecule has 2 rings (SSSR count). The highest BCUT2D eigenvalue weighted by molar-refractivity contribution is 5.94. The van der Waals surface area contributed by atoms with Crippen LogP contribution in [-0.2, 0) is 0 Å². The predicted octanol–water partition coefficient (Wildman–Crippen LogP) is 2.23. The van der Waals surface area contributed by atoms with Gasteiger partial charge in [-0.2, -0.15) is 0 Å². The molecule has 1 aromatic heterocycles. The highest BCUT2D eigenvalue weighted by atomic mass is 16.5. The summed E-state index contributed by atoms with van der Waals surface area (Å²) in [5.74, 6) is 0.927. The van der Waals surface area contributed by atoms with Gasteiger partial charge in [0.25, 0.3) is 5.91 Å². The topological polar surface area (TPSA) is 51.2 Å². The van der Waals surface area contributed by atoms with Gasteiger partial charge in [0.15, 0.2) is 0 Å². The minimum absolute atomic E-state index is 0.162. The number of carbonyl (C=O) groups excluding carboxylic acids is 1. The van der Waals surface area contributed by atoms with E-state index in [2.05, 4.69) is 10.3 Å². The summed E-state index contributed by atoms with van der Waals surface area (Å²) in [4.78, 5) is 15.5. The van der Waals surface area contributed by atoms with E-state index in [0.29, 0.717) is 17.2 Å². The monoisotopic (exact) mass is 228 g/mol. The number of nitrogens with zero attached hydrogens (tertiary/aromatic N) is 1. The molecule has 0 unspecified atom stereocenters. The van der Waals surface area contributed by atoms with Gasteiger partial charge in [0.05, 0.1) is 0 Å². The molecule has 1 amide bonds. The highest BCUT2D eigenvalue weighted by Crippen LogP contribution is 2.19. The van der Waals surface area contributed by atoms with Gasteiger partial charge in [0.1, 0.15) is 5.75 Å². The summed E-state index contributed by atoms with van der Waals surface area (Å²) in [5, 5.41) is 2.55. The largest absolute Gasteiger partial charge is 0.439 e. The van der Waals surface area contributed by atoms with Crippen molar-refractivity contribution in [1.82, 2.24) is 10.3 Å². The fourth-order valence-corrected chi connectivity index (χ4v) is 1.36. The summed E-state index contributed by atoms with van der Waals surface area (Å²) in [5.41, 5.74) is 0.522. The molecule has 0 aliphatic rings. The Bertz CT molecular complexity index is 512. The molecule has 0 radical (unpaired) electrons. The zero-order chi connectivity index (χ0) is 12.1. The number of para-hydroxylation sites is 1. The zero-order valence-electron chi connectivity index (χ0n) is 9.38. The normalized spacial score (nSPS) is 9.71. The van der Waals surface area contributed by atoms with E-state index in [1.165, 1.54) is 0 Å². The molecular formula is C13H12N2O2. The van der Waals surface area contributed by atoms with Gasteiger partial charge in [0.2, 0.25) is 5.88 Å². The van der Waals surface area contributed by atoms with E-state index in [9.17, 15) is 4.79 Å². The molecular weight excluding hydrogens is 216 g/mol. The molecule has 1 N–H and O–H groups in total. The number of aromatic nitrogens is 1. The van der Waals surface area contributed by atoms with Crippen LogP contribution in [0.25, 0.3) is 0 Å². The van der Waals surface area contributed by atoms with Crippen molar-refractivity contribution >= 4 is 5.91 Å². The molecule has 0 saturated carbocycles. The maximum atomic E-state index is 11.4. The number of ether oxygens (including phenoxy) is 1. The Hall–Kier alpha value is -2.36. The predicted molar refractivity (Wildman–Crippen MR) is 64.1 cm³/mol. The summed E-state index contributed by atoms with van der Waals surface area (Å²) in [6.45, 7) is 0. The lowest BCUT2D eigenvalue weighted by atomic mass is 10.2. The summed E-state index contributed by atoms with van der Waals surface area (Å²) in [6.07, 6.45) is 1.54. The average molecular weight is 228 g/mol. The van der Waals surface area contributed by atoms with Crippen molar-refractivity contribution in [2.24, 2.45) is 0 Å². The molecule has 86 valence electrons. The molecule has 0 fully saturated rings. The second-order valence-corrected chi connectivity index (χ2v) is 3.38. The Labute approximate surface area is 99.3 Å². The molecule has 0 bridgehead atoms. The maximum absolute atomic E-state index is 11.4. The van der Waals surface area contributed by atoms with Crippen molar-refractivity contribution in [1.29, 1.82) is 0 Å². The van der Waals surface area contributed by atoms with Crippen molar-refractivity contribution in [3.8, 4) is 11.6 Å². The number of rotatable bonds is 3.